The van der Waals surface area contributed by atoms with E-state index in [0.717, 1.165) is 58.3 Å². The molecule has 138 valence electrons. The van der Waals surface area contributed by atoms with Crippen LogP contribution in [0.15, 0.2) is 21.8 Å². The Kier molecular flexibility index (Phi) is 11.5. The highest BCUT2D eigenvalue weighted by molar-refractivity contribution is 7.07. The number of likely N-dealkylation sites (N-methyl/N-ethyl adjacent to an activating group) is 1. The maximum Gasteiger partial charge on any atom is 0.191 e. The Morgan fingerprint density at radius 1 is 1.25 bits per heavy atom. The van der Waals surface area contributed by atoms with E-state index in [0.29, 0.717) is 6.04 Å². The second-order valence-electron chi connectivity index (χ2n) is 5.49. The van der Waals surface area contributed by atoms with Crippen LogP contribution in [0.25, 0.3) is 0 Å². The summed E-state index contributed by atoms with van der Waals surface area (Å²) in [6, 6.07) is 2.55. The summed E-state index contributed by atoms with van der Waals surface area (Å²) in [6.45, 7) is 14.7. The molecule has 2 N–H and O–H groups in total. The Labute approximate surface area is 151 Å². The fraction of sp³-hybridized carbons (Fsp3) is 0.722. The van der Waals surface area contributed by atoms with Crippen LogP contribution in [0, 0.1) is 0 Å². The van der Waals surface area contributed by atoms with Crippen LogP contribution in [0.4, 0.5) is 0 Å². The Bertz CT molecular complexity index is 432. The van der Waals surface area contributed by atoms with Crippen molar-refractivity contribution in [3.8, 4) is 0 Å². The predicted octanol–water partition coefficient (Wildman–Crippen LogP) is 3.11. The van der Waals surface area contributed by atoms with Crippen molar-refractivity contribution in [1.29, 1.82) is 0 Å². The fourth-order valence-corrected chi connectivity index (χ4v) is 3.31. The van der Waals surface area contributed by atoms with Crippen molar-refractivity contribution < 1.29 is 4.74 Å². The lowest BCUT2D eigenvalue weighted by atomic mass is 10.1. The van der Waals surface area contributed by atoms with Gasteiger partial charge >= 0.3 is 0 Å². The standard InChI is InChI=1S/C18H34N4OS/c1-5-19-18(20-11-9-12-23-8-4)21-14-17(22(6-2)7-3)16-10-13-24-15-16/h10,13,15,17H,5-9,11-12,14H2,1-4H3,(H2,19,20,21). The fourth-order valence-electron chi connectivity index (χ4n) is 2.61. The highest BCUT2D eigenvalue weighted by Crippen LogP contribution is 2.23. The maximum absolute atomic E-state index is 5.38. The Balaban J connectivity index is 2.64. The monoisotopic (exact) mass is 354 g/mol. The number of rotatable bonds is 12. The van der Waals surface area contributed by atoms with Crippen LogP contribution in [0.3, 0.4) is 0 Å². The number of nitrogens with one attached hydrogen (secondary N) is 2. The number of hydrogen-bond acceptors (Lipinski definition) is 4. The first-order chi connectivity index (χ1) is 11.8. The largest absolute Gasteiger partial charge is 0.382 e. The summed E-state index contributed by atoms with van der Waals surface area (Å²) in [4.78, 5) is 7.28. The van der Waals surface area contributed by atoms with E-state index < -0.39 is 0 Å². The zero-order chi connectivity index (χ0) is 17.6. The van der Waals surface area contributed by atoms with Crippen LogP contribution in [-0.4, -0.2) is 56.8 Å². The second kappa shape index (κ2) is 13.2. The smallest absolute Gasteiger partial charge is 0.191 e. The lowest BCUT2D eigenvalue weighted by molar-refractivity contribution is 0.145. The molecular weight excluding hydrogens is 320 g/mol. The molecule has 0 aromatic carbocycles. The Morgan fingerprint density at radius 2 is 2.04 bits per heavy atom. The molecule has 0 saturated heterocycles. The molecule has 1 aromatic heterocycles. The van der Waals surface area contributed by atoms with Gasteiger partial charge in [0.25, 0.3) is 0 Å². The number of nitrogens with zero attached hydrogens (tertiary/aromatic N) is 2. The molecule has 0 saturated carbocycles. The zero-order valence-electron chi connectivity index (χ0n) is 15.7. The van der Waals surface area contributed by atoms with Crippen molar-refractivity contribution in [1.82, 2.24) is 15.5 Å². The van der Waals surface area contributed by atoms with Gasteiger partial charge in [-0.2, -0.15) is 11.3 Å². The van der Waals surface area contributed by atoms with Crippen molar-refractivity contribution in [3.05, 3.63) is 22.4 Å². The SMILES string of the molecule is CCNC(=NCC(c1ccsc1)N(CC)CC)NCCCOCC. The Morgan fingerprint density at radius 3 is 2.62 bits per heavy atom. The molecule has 1 unspecified atom stereocenters. The normalized spacial score (nSPS) is 13.3. The summed E-state index contributed by atoms with van der Waals surface area (Å²) >= 11 is 1.75. The van der Waals surface area contributed by atoms with Gasteiger partial charge in [0.05, 0.1) is 12.6 Å². The van der Waals surface area contributed by atoms with Gasteiger partial charge in [-0.1, -0.05) is 13.8 Å². The van der Waals surface area contributed by atoms with Crippen LogP contribution < -0.4 is 10.6 Å². The van der Waals surface area contributed by atoms with E-state index in [1.807, 2.05) is 6.92 Å². The molecule has 0 fully saturated rings. The minimum atomic E-state index is 0.338. The molecule has 0 aliphatic rings. The minimum Gasteiger partial charge on any atom is -0.382 e. The van der Waals surface area contributed by atoms with Crippen molar-refractivity contribution in [2.75, 3.05) is 45.9 Å². The zero-order valence-corrected chi connectivity index (χ0v) is 16.5. The van der Waals surface area contributed by atoms with Crippen molar-refractivity contribution >= 4 is 17.3 Å². The summed E-state index contributed by atoms with van der Waals surface area (Å²) in [5.41, 5.74) is 1.36. The third-order valence-corrected chi connectivity index (χ3v) is 4.61. The van der Waals surface area contributed by atoms with Gasteiger partial charge in [0.1, 0.15) is 0 Å². The van der Waals surface area contributed by atoms with E-state index in [1.54, 1.807) is 11.3 Å². The van der Waals surface area contributed by atoms with Crippen LogP contribution in [0.2, 0.25) is 0 Å². The minimum absolute atomic E-state index is 0.338. The predicted molar refractivity (Wildman–Crippen MR) is 105 cm³/mol. The number of guanidine groups is 1. The summed E-state index contributed by atoms with van der Waals surface area (Å²) in [5, 5.41) is 11.1. The van der Waals surface area contributed by atoms with Crippen LogP contribution in [-0.2, 0) is 4.74 Å². The molecule has 0 aliphatic carbocycles. The van der Waals surface area contributed by atoms with Gasteiger partial charge in [-0.15, -0.1) is 0 Å². The lowest BCUT2D eigenvalue weighted by Gasteiger charge is -2.28. The summed E-state index contributed by atoms with van der Waals surface area (Å²) in [6.07, 6.45) is 0.988. The quantitative estimate of drug-likeness (QED) is 0.344. The third kappa shape index (κ3) is 7.64. The van der Waals surface area contributed by atoms with Gasteiger partial charge < -0.3 is 15.4 Å². The highest BCUT2D eigenvalue weighted by atomic mass is 32.1. The van der Waals surface area contributed by atoms with E-state index >= 15 is 0 Å². The van der Waals surface area contributed by atoms with Gasteiger partial charge in [0.15, 0.2) is 5.96 Å². The van der Waals surface area contributed by atoms with Crippen molar-refractivity contribution in [2.24, 2.45) is 4.99 Å². The van der Waals surface area contributed by atoms with E-state index in [2.05, 4.69) is 53.1 Å². The van der Waals surface area contributed by atoms with Gasteiger partial charge in [-0.3, -0.25) is 9.89 Å². The second-order valence-corrected chi connectivity index (χ2v) is 6.27. The first kappa shape index (κ1) is 20.9. The topological polar surface area (TPSA) is 48.9 Å². The molecule has 6 heteroatoms. The van der Waals surface area contributed by atoms with E-state index in [4.69, 9.17) is 9.73 Å². The third-order valence-electron chi connectivity index (χ3n) is 3.91. The number of ether oxygens (including phenoxy) is 1. The average Bonchev–Trinajstić information content (AvgIpc) is 3.12. The average molecular weight is 355 g/mol. The van der Waals surface area contributed by atoms with Gasteiger partial charge in [0, 0.05) is 26.3 Å². The first-order valence-electron chi connectivity index (χ1n) is 9.12. The van der Waals surface area contributed by atoms with Crippen LogP contribution in [0.5, 0.6) is 0 Å². The molecular formula is C18H34N4OS. The lowest BCUT2D eigenvalue weighted by Crippen LogP contribution is -2.39. The van der Waals surface area contributed by atoms with Crippen LogP contribution in [0.1, 0.15) is 45.7 Å². The highest BCUT2D eigenvalue weighted by Gasteiger charge is 2.18. The van der Waals surface area contributed by atoms with Crippen molar-refractivity contribution in [2.45, 2.75) is 40.2 Å². The Hall–Kier alpha value is -1.11. The summed E-state index contributed by atoms with van der Waals surface area (Å²) in [7, 11) is 0. The maximum atomic E-state index is 5.38. The molecule has 1 heterocycles. The molecule has 1 atom stereocenters. The molecule has 0 aliphatic heterocycles. The molecule has 5 nitrogen and oxygen atoms in total. The molecule has 1 aromatic rings. The number of hydrogen-bond donors (Lipinski definition) is 2. The van der Waals surface area contributed by atoms with Crippen molar-refractivity contribution in [3.63, 3.8) is 0 Å². The molecule has 0 radical (unpaired) electrons. The van der Waals surface area contributed by atoms with E-state index in [1.165, 1.54) is 5.56 Å². The molecule has 0 spiro atoms. The molecule has 1 rings (SSSR count). The van der Waals surface area contributed by atoms with Gasteiger partial charge in [0.2, 0.25) is 0 Å². The number of aliphatic imine (C=N–C) groups is 1. The van der Waals surface area contributed by atoms with Gasteiger partial charge in [-0.25, -0.2) is 0 Å². The first-order valence-corrected chi connectivity index (χ1v) is 10.1. The summed E-state index contributed by atoms with van der Waals surface area (Å²) < 4.78 is 5.38. The van der Waals surface area contributed by atoms with E-state index in [-0.39, 0.29) is 0 Å². The summed E-state index contributed by atoms with van der Waals surface area (Å²) in [5.74, 6) is 0.890. The van der Waals surface area contributed by atoms with E-state index in [9.17, 15) is 0 Å². The molecule has 0 amide bonds. The number of thiophene rings is 1. The molecule has 24 heavy (non-hydrogen) atoms. The molecule has 0 bridgehead atoms. The van der Waals surface area contributed by atoms with Gasteiger partial charge in [-0.05, 0) is 55.7 Å². The van der Waals surface area contributed by atoms with Crippen LogP contribution >= 0.6 is 11.3 Å².